The molecule has 2 fully saturated rings. The molecular weight excluding hydrogens is 472 g/mol. The molecule has 36 heavy (non-hydrogen) atoms. The average Bonchev–Trinajstić information content (AvgIpc) is 3.46. The quantitative estimate of drug-likeness (QED) is 0.283. The lowest BCUT2D eigenvalue weighted by molar-refractivity contribution is 0.0675. The number of ether oxygens (including phenoxy) is 1. The van der Waals surface area contributed by atoms with Crippen LogP contribution in [0.1, 0.15) is 76.7 Å². The monoisotopic (exact) mass is 516 g/mol. The van der Waals surface area contributed by atoms with E-state index in [-0.39, 0.29) is 30.6 Å². The molecule has 0 unspecified atom stereocenters. The summed E-state index contributed by atoms with van der Waals surface area (Å²) in [6, 6.07) is 3.39. The van der Waals surface area contributed by atoms with Crippen LogP contribution in [-0.4, -0.2) is 56.1 Å². The summed E-state index contributed by atoms with van der Waals surface area (Å²) < 4.78 is 12.1. The van der Waals surface area contributed by atoms with Gasteiger partial charge in [-0.1, -0.05) is 54.2 Å². The molecule has 1 aromatic rings. The number of hydrogen-bond acceptors (Lipinski definition) is 5. The number of likely N-dealkylation sites (tertiary alicyclic amines) is 1. The topological polar surface area (TPSA) is 88.1 Å². The Morgan fingerprint density at radius 2 is 1.81 bits per heavy atom. The summed E-state index contributed by atoms with van der Waals surface area (Å²) in [5.74, 6) is 0.499. The Labute approximate surface area is 217 Å². The van der Waals surface area contributed by atoms with Gasteiger partial charge in [0, 0.05) is 12.6 Å². The molecular formula is C28H44N2O5Si. The Morgan fingerprint density at radius 1 is 1.19 bits per heavy atom. The molecule has 1 spiro atoms. The van der Waals surface area contributed by atoms with Crippen LogP contribution in [0.25, 0.3) is 0 Å². The number of amides is 2. The van der Waals surface area contributed by atoms with Crippen LogP contribution in [-0.2, 0) is 4.74 Å². The zero-order chi connectivity index (χ0) is 26.8. The van der Waals surface area contributed by atoms with E-state index in [9.17, 15) is 14.7 Å². The van der Waals surface area contributed by atoms with E-state index < -0.39 is 14.4 Å². The molecule has 8 heteroatoms. The summed E-state index contributed by atoms with van der Waals surface area (Å²) in [5.41, 5.74) is 2.86. The van der Waals surface area contributed by atoms with Gasteiger partial charge in [-0.2, -0.15) is 0 Å². The zero-order valence-corrected chi connectivity index (χ0v) is 24.0. The first kappa shape index (κ1) is 28.3. The molecule has 1 saturated carbocycles. The number of carbonyl (C=O) groups excluding carboxylic acids is 2. The summed E-state index contributed by atoms with van der Waals surface area (Å²) >= 11 is 0. The predicted octanol–water partition coefficient (Wildman–Crippen LogP) is 6.27. The van der Waals surface area contributed by atoms with Crippen molar-refractivity contribution in [3.05, 3.63) is 35.9 Å². The van der Waals surface area contributed by atoms with Gasteiger partial charge in [0.2, 0.25) is 0 Å². The van der Waals surface area contributed by atoms with Gasteiger partial charge < -0.3 is 19.2 Å². The largest absolute Gasteiger partial charge is 0.542 e. The fourth-order valence-electron chi connectivity index (χ4n) is 6.16. The third-order valence-corrected chi connectivity index (χ3v) is 14.1. The van der Waals surface area contributed by atoms with Gasteiger partial charge in [0.1, 0.15) is 12.4 Å². The van der Waals surface area contributed by atoms with Crippen LogP contribution >= 0.6 is 0 Å². The minimum atomic E-state index is -2.27. The number of nitrogens with zero attached hydrogens (tertiary/aromatic N) is 1. The van der Waals surface area contributed by atoms with Gasteiger partial charge in [-0.3, -0.25) is 10.1 Å². The fourth-order valence-corrected chi connectivity index (χ4v) is 11.5. The van der Waals surface area contributed by atoms with E-state index >= 15 is 0 Å². The summed E-state index contributed by atoms with van der Waals surface area (Å²) in [4.78, 5) is 28.1. The SMILES string of the molecule is C=CCOC(=O)Nc1cc(O[Si](C(C)C)(C(C)C)C(C)C)c(C)cc1C(=O)N1CC2(CC2)C[C@H]1CO. The van der Waals surface area contributed by atoms with E-state index in [1.165, 1.54) is 6.08 Å². The molecule has 1 aliphatic heterocycles. The number of nitrogens with one attached hydrogen (secondary N) is 1. The highest BCUT2D eigenvalue weighted by atomic mass is 28.4. The summed E-state index contributed by atoms with van der Waals surface area (Å²) in [7, 11) is -2.27. The average molecular weight is 517 g/mol. The first-order chi connectivity index (χ1) is 16.9. The van der Waals surface area contributed by atoms with Gasteiger partial charge in [-0.15, -0.1) is 0 Å². The maximum atomic E-state index is 13.8. The number of carbonyl (C=O) groups is 2. The zero-order valence-electron chi connectivity index (χ0n) is 23.0. The molecule has 2 amide bonds. The van der Waals surface area contributed by atoms with E-state index in [1.807, 2.05) is 13.0 Å². The summed E-state index contributed by atoms with van der Waals surface area (Å²) in [6.45, 7) is 19.5. The second kappa shape index (κ2) is 11.0. The van der Waals surface area contributed by atoms with Gasteiger partial charge in [0.05, 0.1) is 23.9 Å². The van der Waals surface area contributed by atoms with Crippen molar-refractivity contribution in [2.24, 2.45) is 5.41 Å². The van der Waals surface area contributed by atoms with E-state index in [4.69, 9.17) is 9.16 Å². The highest BCUT2D eigenvalue weighted by Gasteiger charge is 2.53. The lowest BCUT2D eigenvalue weighted by Crippen LogP contribution is -2.50. The van der Waals surface area contributed by atoms with Gasteiger partial charge >= 0.3 is 6.09 Å². The normalized spacial score (nSPS) is 18.8. The van der Waals surface area contributed by atoms with Crippen LogP contribution in [0.3, 0.4) is 0 Å². The molecule has 2 N–H and O–H groups in total. The van der Waals surface area contributed by atoms with Gasteiger partial charge in [-0.05, 0) is 59.9 Å². The van der Waals surface area contributed by atoms with E-state index in [0.717, 1.165) is 24.8 Å². The Morgan fingerprint density at radius 3 is 2.31 bits per heavy atom. The molecule has 1 aliphatic carbocycles. The number of benzene rings is 1. The van der Waals surface area contributed by atoms with Gasteiger partial charge in [0.25, 0.3) is 14.2 Å². The first-order valence-electron chi connectivity index (χ1n) is 13.2. The Balaban J connectivity index is 2.04. The van der Waals surface area contributed by atoms with Crippen LogP contribution in [0.5, 0.6) is 5.75 Å². The third kappa shape index (κ3) is 5.49. The fraction of sp³-hybridized carbons (Fsp3) is 0.643. The Bertz CT molecular complexity index is 965. The molecule has 0 aromatic heterocycles. The molecule has 7 nitrogen and oxygen atoms in total. The van der Waals surface area contributed by atoms with Crippen LogP contribution in [0.2, 0.25) is 16.6 Å². The minimum absolute atomic E-state index is 0.0651. The smallest absolute Gasteiger partial charge is 0.411 e. The third-order valence-electron chi connectivity index (χ3n) is 8.15. The van der Waals surface area contributed by atoms with Crippen molar-refractivity contribution in [3.63, 3.8) is 0 Å². The summed E-state index contributed by atoms with van der Waals surface area (Å²) in [6.07, 6.45) is 3.84. The lowest BCUT2D eigenvalue weighted by atomic mass is 10.0. The van der Waals surface area contributed by atoms with Gasteiger partial charge in [-0.25, -0.2) is 4.79 Å². The van der Waals surface area contributed by atoms with Crippen molar-refractivity contribution in [3.8, 4) is 5.75 Å². The summed E-state index contributed by atoms with van der Waals surface area (Å²) in [5, 5.41) is 12.8. The van der Waals surface area contributed by atoms with Crippen LogP contribution in [0, 0.1) is 12.3 Å². The molecule has 1 aromatic carbocycles. The highest BCUT2D eigenvalue weighted by molar-refractivity contribution is 6.78. The number of hydrogen-bond donors (Lipinski definition) is 2. The number of anilines is 1. The molecule has 2 aliphatic rings. The lowest BCUT2D eigenvalue weighted by Gasteiger charge is -2.42. The van der Waals surface area contributed by atoms with Crippen LogP contribution in [0.15, 0.2) is 24.8 Å². The predicted molar refractivity (Wildman–Crippen MR) is 146 cm³/mol. The number of aliphatic hydroxyl groups excluding tert-OH is 1. The van der Waals surface area contributed by atoms with Crippen molar-refractivity contribution in [1.82, 2.24) is 4.90 Å². The number of rotatable bonds is 10. The standard InChI is InChI=1S/C28H44N2O5Si/c1-9-12-34-27(33)29-24-14-25(35-36(18(2)3,19(4)5)20(6)7)21(8)13-23(24)26(32)30-17-28(10-11-28)15-22(30)16-31/h9,13-14,18-20,22,31H,1,10-12,15-17H2,2-8H3,(H,29,33)/t22-/m0/s1. The first-order valence-corrected chi connectivity index (χ1v) is 15.3. The molecule has 0 bridgehead atoms. The number of aliphatic hydroxyl groups is 1. The van der Waals surface area contributed by atoms with Gasteiger partial charge in [0.15, 0.2) is 0 Å². The van der Waals surface area contributed by atoms with Crippen LogP contribution in [0.4, 0.5) is 10.5 Å². The van der Waals surface area contributed by atoms with E-state index in [2.05, 4.69) is 53.4 Å². The molecule has 200 valence electrons. The highest BCUT2D eigenvalue weighted by Crippen LogP contribution is 2.55. The van der Waals surface area contributed by atoms with Crippen LogP contribution < -0.4 is 9.74 Å². The Hall–Kier alpha value is -2.32. The maximum absolute atomic E-state index is 13.8. The van der Waals surface area contributed by atoms with Crippen molar-refractivity contribution >= 4 is 26.0 Å². The maximum Gasteiger partial charge on any atom is 0.411 e. The van der Waals surface area contributed by atoms with Crippen molar-refractivity contribution in [1.29, 1.82) is 0 Å². The van der Waals surface area contributed by atoms with Crippen molar-refractivity contribution in [2.75, 3.05) is 25.1 Å². The second-order valence-electron chi connectivity index (χ2n) is 11.6. The van der Waals surface area contributed by atoms with Crippen molar-refractivity contribution < 1.29 is 23.9 Å². The number of aryl methyl sites for hydroxylation is 1. The molecule has 0 radical (unpaired) electrons. The molecule has 1 heterocycles. The molecule has 1 atom stereocenters. The molecule has 1 saturated heterocycles. The van der Waals surface area contributed by atoms with E-state index in [0.29, 0.717) is 40.2 Å². The second-order valence-corrected chi connectivity index (χ2v) is 16.9. The minimum Gasteiger partial charge on any atom is -0.542 e. The van der Waals surface area contributed by atoms with E-state index in [1.54, 1.807) is 11.0 Å². The molecule has 3 rings (SSSR count). The Kier molecular flexibility index (Phi) is 8.61. The van der Waals surface area contributed by atoms with Crippen molar-refractivity contribution in [2.45, 2.75) is 90.4 Å².